The number of aliphatic hydroxyl groups excluding tert-OH is 2. The highest BCUT2D eigenvalue weighted by Crippen LogP contribution is 2.45. The third-order valence-electron chi connectivity index (χ3n) is 15.6. The lowest BCUT2D eigenvalue weighted by molar-refractivity contribution is -0.161. The molecule has 0 aromatic carbocycles. The van der Waals surface area contributed by atoms with Crippen LogP contribution in [0.25, 0.3) is 0 Å². The van der Waals surface area contributed by atoms with E-state index in [0.29, 0.717) is 25.7 Å². The highest BCUT2D eigenvalue weighted by molar-refractivity contribution is 7.47. The molecule has 0 saturated carbocycles. The van der Waals surface area contributed by atoms with Crippen molar-refractivity contribution in [1.82, 2.24) is 0 Å². The van der Waals surface area contributed by atoms with E-state index in [4.69, 9.17) is 32.3 Å². The number of ether oxygens (including phenoxy) is 3. The molecule has 16 nitrogen and oxygen atoms in total. The zero-order chi connectivity index (χ0) is 75.2. The van der Waals surface area contributed by atoms with Crippen LogP contribution < -0.4 is 0 Å². The lowest BCUT2D eigenvalue weighted by Crippen LogP contribution is -2.30. The average Bonchev–Trinajstić information content (AvgIpc) is 0.915. The molecular weight excluding hydrogens is 1340 g/mol. The first-order valence-electron chi connectivity index (χ1n) is 39.1. The van der Waals surface area contributed by atoms with Crippen molar-refractivity contribution < 1.29 is 75.8 Å². The van der Waals surface area contributed by atoms with Gasteiger partial charge in [-0.15, -0.1) is 0 Å². The van der Waals surface area contributed by atoms with Crippen molar-refractivity contribution in [2.75, 3.05) is 39.6 Å². The fourth-order valence-electron chi connectivity index (χ4n) is 9.79. The lowest BCUT2D eigenvalue weighted by Gasteiger charge is -2.21. The fourth-order valence-corrected chi connectivity index (χ4v) is 11.4. The zero-order valence-electron chi connectivity index (χ0n) is 63.7. The normalized spacial score (nSPS) is 15.0. The predicted molar refractivity (Wildman–Crippen MR) is 426 cm³/mol. The number of phosphoric ester groups is 2. The Hall–Kier alpha value is -5.35. The van der Waals surface area contributed by atoms with E-state index in [0.717, 1.165) is 161 Å². The van der Waals surface area contributed by atoms with Crippen LogP contribution in [-0.4, -0.2) is 95.9 Å². The van der Waals surface area contributed by atoms with Crippen LogP contribution in [0, 0.1) is 0 Å². The minimum Gasteiger partial charge on any atom is -0.463 e. The first-order chi connectivity index (χ1) is 50.2. The minimum absolute atomic E-state index is 0.0369. The monoisotopic (exact) mass is 1480 g/mol. The SMILES string of the molecule is CC/C=C\C/C=C\C/C=C\C/C=C\C/C=C\C/C=C\CCCCCCCCCCCCCCC(=O)OCC(O)COP(=O)(O)OCC(O)COP(=O)(O)OCC(COC(=O)CC/C=C\C/C=C\C/C=C\C/C=C\C/C=C\C/C=C\CC)OC(=O)CCCCCCCCC/C=C\C/C=C\C/C=C\CC. The molecule has 0 radical (unpaired) electrons. The highest BCUT2D eigenvalue weighted by Gasteiger charge is 2.29. The van der Waals surface area contributed by atoms with Gasteiger partial charge in [0.15, 0.2) is 6.10 Å². The summed E-state index contributed by atoms with van der Waals surface area (Å²) in [6.07, 6.45) is 98.2. The Morgan fingerprint density at radius 2 is 0.505 bits per heavy atom. The summed E-state index contributed by atoms with van der Waals surface area (Å²) < 4.78 is 61.0. The van der Waals surface area contributed by atoms with Crippen LogP contribution in [0.4, 0.5) is 0 Å². The number of allylic oxidation sites excluding steroid dienone is 30. The Kier molecular flexibility index (Phi) is 72.3. The van der Waals surface area contributed by atoms with Gasteiger partial charge in [0.2, 0.25) is 0 Å². The molecule has 0 aliphatic heterocycles. The molecule has 103 heavy (non-hydrogen) atoms. The van der Waals surface area contributed by atoms with Gasteiger partial charge in [-0.05, 0) is 141 Å². The van der Waals surface area contributed by atoms with E-state index in [9.17, 15) is 43.5 Å². The van der Waals surface area contributed by atoms with Crippen molar-refractivity contribution in [2.45, 2.75) is 296 Å². The highest BCUT2D eigenvalue weighted by atomic mass is 31.2. The molecule has 0 fully saturated rings. The summed E-state index contributed by atoms with van der Waals surface area (Å²) >= 11 is 0. The van der Waals surface area contributed by atoms with Gasteiger partial charge in [0.25, 0.3) is 0 Å². The first-order valence-corrected chi connectivity index (χ1v) is 42.1. The summed E-state index contributed by atoms with van der Waals surface area (Å²) in [6.45, 7) is 2.22. The van der Waals surface area contributed by atoms with Crippen LogP contribution >= 0.6 is 15.6 Å². The number of esters is 3. The van der Waals surface area contributed by atoms with Crippen LogP contribution in [0.2, 0.25) is 0 Å². The smallest absolute Gasteiger partial charge is 0.463 e. The van der Waals surface area contributed by atoms with E-state index in [2.05, 4.69) is 185 Å². The van der Waals surface area contributed by atoms with Crippen molar-refractivity contribution in [3.63, 3.8) is 0 Å². The van der Waals surface area contributed by atoms with Gasteiger partial charge in [-0.1, -0.05) is 299 Å². The summed E-state index contributed by atoms with van der Waals surface area (Å²) in [5.41, 5.74) is 0. The molecule has 4 N–H and O–H groups in total. The number of unbranched alkanes of at least 4 members (excludes halogenated alkanes) is 19. The van der Waals surface area contributed by atoms with Crippen LogP contribution in [-0.2, 0) is 55.8 Å². The van der Waals surface area contributed by atoms with Crippen molar-refractivity contribution in [1.29, 1.82) is 0 Å². The molecule has 0 rings (SSSR count). The lowest BCUT2D eigenvalue weighted by atomic mass is 10.0. The van der Waals surface area contributed by atoms with Gasteiger partial charge in [0, 0.05) is 19.3 Å². The van der Waals surface area contributed by atoms with Crippen LogP contribution in [0.5, 0.6) is 0 Å². The number of carbonyl (C=O) groups excluding carboxylic acids is 3. The second-order valence-electron chi connectivity index (χ2n) is 25.4. The molecule has 0 aliphatic carbocycles. The van der Waals surface area contributed by atoms with E-state index >= 15 is 0 Å². The van der Waals surface area contributed by atoms with Gasteiger partial charge < -0.3 is 34.2 Å². The van der Waals surface area contributed by atoms with Crippen molar-refractivity contribution in [2.24, 2.45) is 0 Å². The number of carbonyl (C=O) groups is 3. The molecule has 0 saturated heterocycles. The molecule has 0 aliphatic rings. The second-order valence-corrected chi connectivity index (χ2v) is 28.3. The molecule has 5 unspecified atom stereocenters. The van der Waals surface area contributed by atoms with E-state index < -0.39 is 91.5 Å². The largest absolute Gasteiger partial charge is 0.472 e. The Morgan fingerprint density at radius 3 is 0.825 bits per heavy atom. The van der Waals surface area contributed by atoms with Crippen LogP contribution in [0.3, 0.4) is 0 Å². The van der Waals surface area contributed by atoms with Gasteiger partial charge in [-0.2, -0.15) is 0 Å². The fraction of sp³-hybridized carbons (Fsp3) is 0.612. The number of phosphoric acid groups is 2. The molecule has 18 heteroatoms. The molecule has 5 atom stereocenters. The van der Waals surface area contributed by atoms with Crippen LogP contribution in [0.1, 0.15) is 278 Å². The molecular formula is C85H138O16P2. The van der Waals surface area contributed by atoms with Gasteiger partial charge in [0.1, 0.15) is 25.4 Å². The number of aliphatic hydroxyl groups is 2. The van der Waals surface area contributed by atoms with Crippen molar-refractivity contribution in [3.05, 3.63) is 182 Å². The molecule has 0 bridgehead atoms. The van der Waals surface area contributed by atoms with E-state index in [1.54, 1.807) is 0 Å². The van der Waals surface area contributed by atoms with E-state index in [-0.39, 0.29) is 19.3 Å². The van der Waals surface area contributed by atoms with Crippen molar-refractivity contribution in [3.8, 4) is 0 Å². The van der Waals surface area contributed by atoms with Crippen molar-refractivity contribution >= 4 is 33.6 Å². The first kappa shape index (κ1) is 97.7. The predicted octanol–water partition coefficient (Wildman–Crippen LogP) is 23.0. The van der Waals surface area contributed by atoms with E-state index in [1.165, 1.54) is 51.4 Å². The average molecular weight is 1480 g/mol. The minimum atomic E-state index is -4.96. The van der Waals surface area contributed by atoms with Crippen LogP contribution in [0.15, 0.2) is 182 Å². The summed E-state index contributed by atoms with van der Waals surface area (Å²) in [6, 6.07) is 0. The number of rotatable bonds is 72. The molecule has 0 aromatic heterocycles. The Morgan fingerprint density at radius 1 is 0.272 bits per heavy atom. The maximum absolute atomic E-state index is 13.0. The molecule has 0 heterocycles. The van der Waals surface area contributed by atoms with Gasteiger partial charge >= 0.3 is 33.6 Å². The van der Waals surface area contributed by atoms with Gasteiger partial charge in [-0.3, -0.25) is 32.5 Å². The maximum Gasteiger partial charge on any atom is 0.472 e. The topological polar surface area (TPSA) is 231 Å². The standard InChI is InChI=1S/C85H138O16P2/c1-4-7-10-13-16-19-22-25-28-31-33-34-35-36-37-38-39-40-41-42-43-44-46-49-50-53-56-59-62-65-68-71-83(88)95-74-80(86)75-97-102(91,92)98-76-81(87)77-99-103(93,94)100-79-82(101-85(90)73-70-67-64-61-58-55-52-47-30-27-24-21-18-15-12-9-6-3)78-96-84(89)72-69-66-63-60-57-54-51-48-45-32-29-26-23-20-17-14-11-8-5-2/h7-12,16-21,25-30,33-34,36-37,39-40,45,48,54,57,63,66,80-82,86-87H,4-6,13-15,22-24,31-32,35,38,41-44,46-47,49-53,55-56,58-62,64-65,67-79H2,1-3H3,(H,91,92)(H,93,94)/b10-7-,11-8-,12-9-,19-16-,20-17-,21-18-,28-25-,29-26-,30-27-,34-33-,37-36-,40-39-,48-45-,57-54-,66-63-. The summed E-state index contributed by atoms with van der Waals surface area (Å²) in [7, 11) is -9.83. The molecule has 0 aromatic rings. The molecule has 584 valence electrons. The maximum atomic E-state index is 13.0. The zero-order valence-corrected chi connectivity index (χ0v) is 65.5. The second kappa shape index (κ2) is 76.3. The molecule has 0 amide bonds. The Bertz CT molecular complexity index is 2600. The Labute approximate surface area is 624 Å². The summed E-state index contributed by atoms with van der Waals surface area (Å²) in [5.74, 6) is -1.70. The quantitative estimate of drug-likeness (QED) is 0.0146. The third kappa shape index (κ3) is 77.6. The third-order valence-corrected chi connectivity index (χ3v) is 17.5. The molecule has 0 spiro atoms. The summed E-state index contributed by atoms with van der Waals surface area (Å²) in [5, 5.41) is 20.6. The number of hydrogen-bond acceptors (Lipinski definition) is 14. The number of hydrogen-bond donors (Lipinski definition) is 4. The van der Waals surface area contributed by atoms with Gasteiger partial charge in [0.05, 0.1) is 26.4 Å². The van der Waals surface area contributed by atoms with Gasteiger partial charge in [-0.25, -0.2) is 9.13 Å². The van der Waals surface area contributed by atoms with E-state index in [1.807, 2.05) is 18.2 Å². The Balaban J connectivity index is 4.59. The summed E-state index contributed by atoms with van der Waals surface area (Å²) in [4.78, 5) is 58.6.